The Bertz CT molecular complexity index is 434. The van der Waals surface area contributed by atoms with Gasteiger partial charge in [-0.3, -0.25) is 0 Å². The summed E-state index contributed by atoms with van der Waals surface area (Å²) in [6, 6.07) is 4.92. The summed E-state index contributed by atoms with van der Waals surface area (Å²) in [5, 5.41) is 3.50. The largest absolute Gasteiger partial charge is 0.493 e. The molecule has 0 aromatic heterocycles. The molecule has 0 spiro atoms. The Kier molecular flexibility index (Phi) is 5.25. The van der Waals surface area contributed by atoms with Crippen molar-refractivity contribution in [1.82, 2.24) is 10.2 Å². The minimum Gasteiger partial charge on any atom is -0.493 e. The third-order valence-corrected chi connectivity index (χ3v) is 4.12. The number of nitrogens with one attached hydrogen (secondary N) is 1. The van der Waals surface area contributed by atoms with Crippen LogP contribution in [0, 0.1) is 0 Å². The van der Waals surface area contributed by atoms with Crippen LogP contribution in [0.1, 0.15) is 25.0 Å². The minimum atomic E-state index is 0.597. The second kappa shape index (κ2) is 6.73. The monoisotopic (exact) mass is 326 g/mol. The van der Waals surface area contributed by atoms with Gasteiger partial charge in [0.2, 0.25) is 0 Å². The van der Waals surface area contributed by atoms with Crippen LogP contribution in [0.4, 0.5) is 0 Å². The normalized spacial score (nSPS) is 14.0. The quantitative estimate of drug-likeness (QED) is 0.813. The number of benzene rings is 1. The van der Waals surface area contributed by atoms with Crippen molar-refractivity contribution in [3.05, 3.63) is 27.7 Å². The Hall–Kier alpha value is -0.580. The summed E-state index contributed by atoms with van der Waals surface area (Å²) in [5.74, 6) is 1.09. The lowest BCUT2D eigenvalue weighted by molar-refractivity contribution is 0.273. The number of hydrogen-bond acceptors (Lipinski definition) is 3. The van der Waals surface area contributed by atoms with Gasteiger partial charge in [-0.1, -0.05) is 15.9 Å². The lowest BCUT2D eigenvalue weighted by Crippen LogP contribution is -2.33. The molecule has 3 nitrogen and oxygen atoms in total. The van der Waals surface area contributed by atoms with E-state index in [-0.39, 0.29) is 0 Å². The SMILES string of the molecule is CC(C)N(C)CCNCc1cc(Br)cc2c1OCC2. The molecule has 0 fully saturated rings. The fraction of sp³-hybridized carbons (Fsp3) is 0.600. The van der Waals surface area contributed by atoms with Crippen molar-refractivity contribution in [3.8, 4) is 5.75 Å². The predicted molar refractivity (Wildman–Crippen MR) is 82.8 cm³/mol. The fourth-order valence-corrected chi connectivity index (χ4v) is 2.77. The molecule has 1 aliphatic rings. The van der Waals surface area contributed by atoms with Crippen molar-refractivity contribution in [2.24, 2.45) is 0 Å². The molecule has 19 heavy (non-hydrogen) atoms. The van der Waals surface area contributed by atoms with E-state index >= 15 is 0 Å². The van der Waals surface area contributed by atoms with Crippen LogP contribution in [0.15, 0.2) is 16.6 Å². The van der Waals surface area contributed by atoms with Crippen LogP contribution in [0.5, 0.6) is 5.75 Å². The van der Waals surface area contributed by atoms with E-state index in [4.69, 9.17) is 4.74 Å². The van der Waals surface area contributed by atoms with Gasteiger partial charge in [0.25, 0.3) is 0 Å². The van der Waals surface area contributed by atoms with Crippen LogP contribution >= 0.6 is 15.9 Å². The number of rotatable bonds is 6. The van der Waals surface area contributed by atoms with Crippen molar-refractivity contribution >= 4 is 15.9 Å². The van der Waals surface area contributed by atoms with Crippen LogP contribution in [-0.2, 0) is 13.0 Å². The van der Waals surface area contributed by atoms with Crippen molar-refractivity contribution in [2.75, 3.05) is 26.7 Å². The zero-order valence-electron chi connectivity index (χ0n) is 12.0. The Morgan fingerprint density at radius 1 is 1.42 bits per heavy atom. The van der Waals surface area contributed by atoms with Crippen molar-refractivity contribution in [1.29, 1.82) is 0 Å². The molecule has 0 bridgehead atoms. The van der Waals surface area contributed by atoms with E-state index in [0.717, 1.165) is 42.9 Å². The maximum Gasteiger partial charge on any atom is 0.127 e. The number of halogens is 1. The standard InChI is InChI=1S/C15H23BrN2O/c1-11(2)18(3)6-5-17-10-13-9-14(16)8-12-4-7-19-15(12)13/h8-9,11,17H,4-7,10H2,1-3H3. The Labute approximate surface area is 124 Å². The average Bonchev–Trinajstić information content (AvgIpc) is 2.81. The van der Waals surface area contributed by atoms with Crippen molar-refractivity contribution in [2.45, 2.75) is 32.9 Å². The van der Waals surface area contributed by atoms with Crippen molar-refractivity contribution in [3.63, 3.8) is 0 Å². The molecule has 0 saturated heterocycles. The molecule has 106 valence electrons. The van der Waals surface area contributed by atoms with E-state index in [2.05, 4.69) is 59.2 Å². The number of nitrogens with zero attached hydrogens (tertiary/aromatic N) is 1. The molecule has 1 aromatic rings. The van der Waals surface area contributed by atoms with Crippen LogP contribution in [0.25, 0.3) is 0 Å². The maximum absolute atomic E-state index is 5.73. The first-order valence-corrected chi connectivity index (χ1v) is 7.72. The molecular weight excluding hydrogens is 304 g/mol. The second-order valence-electron chi connectivity index (χ2n) is 5.40. The molecule has 2 rings (SSSR count). The molecule has 1 heterocycles. The second-order valence-corrected chi connectivity index (χ2v) is 6.32. The van der Waals surface area contributed by atoms with E-state index < -0.39 is 0 Å². The summed E-state index contributed by atoms with van der Waals surface area (Å²) in [7, 11) is 2.16. The molecule has 0 aliphatic carbocycles. The zero-order chi connectivity index (χ0) is 13.8. The zero-order valence-corrected chi connectivity index (χ0v) is 13.6. The van der Waals surface area contributed by atoms with Crippen molar-refractivity contribution < 1.29 is 4.74 Å². The highest BCUT2D eigenvalue weighted by Gasteiger charge is 2.17. The summed E-state index contributed by atoms with van der Waals surface area (Å²) >= 11 is 3.58. The fourth-order valence-electron chi connectivity index (χ4n) is 2.21. The topological polar surface area (TPSA) is 24.5 Å². The number of likely N-dealkylation sites (N-methyl/N-ethyl adjacent to an activating group) is 1. The molecule has 1 N–H and O–H groups in total. The lowest BCUT2D eigenvalue weighted by Gasteiger charge is -2.21. The van der Waals surface area contributed by atoms with E-state index in [9.17, 15) is 0 Å². The molecule has 0 atom stereocenters. The third-order valence-electron chi connectivity index (χ3n) is 3.66. The Balaban J connectivity index is 1.87. The Morgan fingerprint density at radius 2 is 2.21 bits per heavy atom. The number of ether oxygens (including phenoxy) is 1. The molecule has 4 heteroatoms. The van der Waals surface area contributed by atoms with E-state index in [1.807, 2.05) is 0 Å². The van der Waals surface area contributed by atoms with Gasteiger partial charge in [-0.2, -0.15) is 0 Å². The smallest absolute Gasteiger partial charge is 0.127 e. The van der Waals surface area contributed by atoms with E-state index in [1.165, 1.54) is 11.1 Å². The molecular formula is C15H23BrN2O. The molecule has 0 saturated carbocycles. The number of fused-ring (bicyclic) bond motifs is 1. The van der Waals surface area contributed by atoms with Gasteiger partial charge in [-0.05, 0) is 38.6 Å². The molecule has 0 amide bonds. The van der Waals surface area contributed by atoms with Crippen LogP contribution < -0.4 is 10.1 Å². The molecule has 1 aromatic carbocycles. The highest BCUT2D eigenvalue weighted by molar-refractivity contribution is 9.10. The third kappa shape index (κ3) is 3.94. The van der Waals surface area contributed by atoms with Gasteiger partial charge in [-0.25, -0.2) is 0 Å². The molecule has 1 aliphatic heterocycles. The molecule has 0 unspecified atom stereocenters. The van der Waals surface area contributed by atoms with Gasteiger partial charge in [0.1, 0.15) is 5.75 Å². The highest BCUT2D eigenvalue weighted by atomic mass is 79.9. The van der Waals surface area contributed by atoms with Gasteiger partial charge in [0, 0.05) is 42.1 Å². The first-order chi connectivity index (χ1) is 9.08. The number of hydrogen-bond donors (Lipinski definition) is 1. The first kappa shape index (κ1) is 14.8. The average molecular weight is 327 g/mol. The van der Waals surface area contributed by atoms with Crippen LogP contribution in [0.2, 0.25) is 0 Å². The maximum atomic E-state index is 5.73. The lowest BCUT2D eigenvalue weighted by atomic mass is 10.1. The molecule has 0 radical (unpaired) electrons. The van der Waals surface area contributed by atoms with E-state index in [0.29, 0.717) is 6.04 Å². The summed E-state index contributed by atoms with van der Waals surface area (Å²) < 4.78 is 6.88. The summed E-state index contributed by atoms with van der Waals surface area (Å²) in [4.78, 5) is 2.34. The Morgan fingerprint density at radius 3 is 2.95 bits per heavy atom. The van der Waals surface area contributed by atoms with Gasteiger partial charge >= 0.3 is 0 Å². The van der Waals surface area contributed by atoms with Gasteiger partial charge in [0.15, 0.2) is 0 Å². The summed E-state index contributed by atoms with van der Waals surface area (Å²) in [5.41, 5.74) is 2.58. The summed E-state index contributed by atoms with van der Waals surface area (Å²) in [6.45, 7) is 8.18. The predicted octanol–water partition coefficient (Wildman–Crippen LogP) is 2.81. The summed E-state index contributed by atoms with van der Waals surface area (Å²) in [6.07, 6.45) is 1.03. The van der Waals surface area contributed by atoms with Gasteiger partial charge in [-0.15, -0.1) is 0 Å². The first-order valence-electron chi connectivity index (χ1n) is 6.93. The van der Waals surface area contributed by atoms with Gasteiger partial charge < -0.3 is 15.0 Å². The highest BCUT2D eigenvalue weighted by Crippen LogP contribution is 2.32. The van der Waals surface area contributed by atoms with E-state index in [1.54, 1.807) is 0 Å². The van der Waals surface area contributed by atoms with Crippen LogP contribution in [0.3, 0.4) is 0 Å². The van der Waals surface area contributed by atoms with Gasteiger partial charge in [0.05, 0.1) is 6.61 Å². The minimum absolute atomic E-state index is 0.597. The van der Waals surface area contributed by atoms with Crippen LogP contribution in [-0.4, -0.2) is 37.7 Å².